The van der Waals surface area contributed by atoms with E-state index in [4.69, 9.17) is 5.73 Å². The molecule has 0 aromatic heterocycles. The van der Waals surface area contributed by atoms with Crippen LogP contribution in [0.1, 0.15) is 22.8 Å². The predicted octanol–water partition coefficient (Wildman–Crippen LogP) is 0.818. The Morgan fingerprint density at radius 3 is 2.47 bits per heavy atom. The molecule has 19 heavy (non-hydrogen) atoms. The summed E-state index contributed by atoms with van der Waals surface area (Å²) in [6.07, 6.45) is 1.13. The van der Waals surface area contributed by atoms with Crippen molar-refractivity contribution in [3.63, 3.8) is 0 Å². The number of benzene rings is 1. The number of sulfone groups is 1. The standard InChI is InChI=1S/C13H20N2O3S/c1-9-5-6-11(7-12(9)19(4,17)18)13(16)15(3)10(2)8-14/h5-7,10H,8,14H2,1-4H3. The molecule has 2 N–H and O–H groups in total. The fourth-order valence-electron chi connectivity index (χ4n) is 1.69. The number of rotatable bonds is 4. The predicted molar refractivity (Wildman–Crippen MR) is 74.9 cm³/mol. The van der Waals surface area contributed by atoms with Gasteiger partial charge >= 0.3 is 0 Å². The number of carbonyl (C=O) groups is 1. The maximum absolute atomic E-state index is 12.2. The largest absolute Gasteiger partial charge is 0.338 e. The van der Waals surface area contributed by atoms with Gasteiger partial charge in [0.15, 0.2) is 9.84 Å². The zero-order valence-electron chi connectivity index (χ0n) is 11.7. The topological polar surface area (TPSA) is 80.5 Å². The second-order valence-corrected chi connectivity index (χ2v) is 6.74. The van der Waals surface area contributed by atoms with Crippen molar-refractivity contribution in [2.24, 2.45) is 5.73 Å². The number of carbonyl (C=O) groups excluding carboxylic acids is 1. The van der Waals surface area contributed by atoms with E-state index < -0.39 is 9.84 Å². The molecule has 0 radical (unpaired) electrons. The SMILES string of the molecule is Cc1ccc(C(=O)N(C)C(C)CN)cc1S(C)(=O)=O. The minimum absolute atomic E-state index is 0.101. The van der Waals surface area contributed by atoms with Crippen LogP contribution < -0.4 is 5.73 Å². The Morgan fingerprint density at radius 1 is 1.42 bits per heavy atom. The molecule has 1 aromatic rings. The number of nitrogens with two attached hydrogens (primary N) is 1. The van der Waals surface area contributed by atoms with Crippen molar-refractivity contribution in [3.8, 4) is 0 Å². The first kappa shape index (κ1) is 15.7. The zero-order chi connectivity index (χ0) is 14.8. The van der Waals surface area contributed by atoms with Crippen LogP contribution in [0.5, 0.6) is 0 Å². The van der Waals surface area contributed by atoms with E-state index in [1.807, 2.05) is 6.92 Å². The zero-order valence-corrected chi connectivity index (χ0v) is 12.5. The number of aryl methyl sites for hydroxylation is 1. The first-order valence-electron chi connectivity index (χ1n) is 5.96. The molecular formula is C13H20N2O3S. The quantitative estimate of drug-likeness (QED) is 0.887. The van der Waals surface area contributed by atoms with Crippen LogP contribution in [-0.4, -0.2) is 45.1 Å². The van der Waals surface area contributed by atoms with E-state index in [-0.39, 0.29) is 16.8 Å². The average molecular weight is 284 g/mol. The maximum atomic E-state index is 12.2. The number of amides is 1. The van der Waals surface area contributed by atoms with E-state index in [1.165, 1.54) is 11.0 Å². The third kappa shape index (κ3) is 3.54. The smallest absolute Gasteiger partial charge is 0.253 e. The fraction of sp³-hybridized carbons (Fsp3) is 0.462. The summed E-state index contributed by atoms with van der Waals surface area (Å²) in [7, 11) is -1.68. The molecule has 106 valence electrons. The molecule has 0 saturated carbocycles. The normalized spacial score (nSPS) is 13.1. The molecule has 0 aliphatic carbocycles. The van der Waals surface area contributed by atoms with Gasteiger partial charge in [0.25, 0.3) is 5.91 Å². The Kier molecular flexibility index (Phi) is 4.70. The number of hydrogen-bond acceptors (Lipinski definition) is 4. The highest BCUT2D eigenvalue weighted by Crippen LogP contribution is 2.18. The summed E-state index contributed by atoms with van der Waals surface area (Å²) in [5.74, 6) is -0.233. The van der Waals surface area contributed by atoms with Gasteiger partial charge in [-0.15, -0.1) is 0 Å². The molecule has 0 saturated heterocycles. The Labute approximate surface area is 114 Å². The molecule has 1 unspecified atom stereocenters. The van der Waals surface area contributed by atoms with Crippen LogP contribution >= 0.6 is 0 Å². The molecule has 0 heterocycles. The second-order valence-electron chi connectivity index (χ2n) is 4.75. The molecule has 5 nitrogen and oxygen atoms in total. The van der Waals surface area contributed by atoms with E-state index in [1.54, 1.807) is 26.1 Å². The van der Waals surface area contributed by atoms with Crippen LogP contribution in [0.15, 0.2) is 23.1 Å². The van der Waals surface area contributed by atoms with Crippen molar-refractivity contribution in [3.05, 3.63) is 29.3 Å². The summed E-state index contributed by atoms with van der Waals surface area (Å²) in [6.45, 7) is 3.90. The van der Waals surface area contributed by atoms with Gasteiger partial charge in [0.05, 0.1) is 4.90 Å². The Balaban J connectivity index is 3.20. The van der Waals surface area contributed by atoms with Crippen molar-refractivity contribution >= 4 is 15.7 Å². The molecule has 1 atom stereocenters. The minimum Gasteiger partial charge on any atom is -0.338 e. The van der Waals surface area contributed by atoms with Gasteiger partial charge in [-0.3, -0.25) is 4.79 Å². The van der Waals surface area contributed by atoms with E-state index >= 15 is 0 Å². The van der Waals surface area contributed by atoms with E-state index in [9.17, 15) is 13.2 Å². The van der Waals surface area contributed by atoms with Crippen LogP contribution in [0.25, 0.3) is 0 Å². The van der Waals surface area contributed by atoms with Crippen molar-refractivity contribution in [2.75, 3.05) is 19.8 Å². The van der Waals surface area contributed by atoms with Crippen molar-refractivity contribution in [1.29, 1.82) is 0 Å². The average Bonchev–Trinajstić information content (AvgIpc) is 2.35. The highest BCUT2D eigenvalue weighted by atomic mass is 32.2. The summed E-state index contributed by atoms with van der Waals surface area (Å²) in [5.41, 5.74) is 6.51. The van der Waals surface area contributed by atoms with Gasteiger partial charge in [0.2, 0.25) is 0 Å². The van der Waals surface area contributed by atoms with Crippen molar-refractivity contribution in [1.82, 2.24) is 4.90 Å². The summed E-state index contributed by atoms with van der Waals surface area (Å²) in [6, 6.07) is 4.60. The molecule has 1 rings (SSSR count). The molecule has 0 bridgehead atoms. The summed E-state index contributed by atoms with van der Waals surface area (Å²) < 4.78 is 23.3. The maximum Gasteiger partial charge on any atom is 0.253 e. The molecule has 1 amide bonds. The first-order chi connectivity index (χ1) is 8.68. The third-order valence-corrected chi connectivity index (χ3v) is 4.40. The molecule has 0 aliphatic heterocycles. The van der Waals surface area contributed by atoms with Gasteiger partial charge in [-0.2, -0.15) is 0 Å². The summed E-state index contributed by atoms with van der Waals surface area (Å²) in [5, 5.41) is 0. The van der Waals surface area contributed by atoms with Crippen molar-refractivity contribution < 1.29 is 13.2 Å². The van der Waals surface area contributed by atoms with E-state index in [0.717, 1.165) is 6.26 Å². The Hall–Kier alpha value is -1.40. The lowest BCUT2D eigenvalue weighted by atomic mass is 10.1. The van der Waals surface area contributed by atoms with Crippen LogP contribution in [-0.2, 0) is 9.84 Å². The highest BCUT2D eigenvalue weighted by Gasteiger charge is 2.19. The van der Waals surface area contributed by atoms with Gasteiger partial charge in [-0.05, 0) is 31.5 Å². The first-order valence-corrected chi connectivity index (χ1v) is 7.85. The van der Waals surface area contributed by atoms with Crippen LogP contribution in [0.3, 0.4) is 0 Å². The van der Waals surface area contributed by atoms with Gasteiger partial charge in [-0.1, -0.05) is 6.07 Å². The molecule has 0 spiro atoms. The number of likely N-dealkylation sites (N-methyl/N-ethyl adjacent to an activating group) is 1. The van der Waals surface area contributed by atoms with E-state index in [2.05, 4.69) is 0 Å². The molecule has 6 heteroatoms. The van der Waals surface area contributed by atoms with E-state index in [0.29, 0.717) is 17.7 Å². The van der Waals surface area contributed by atoms with Crippen LogP contribution in [0, 0.1) is 6.92 Å². The summed E-state index contributed by atoms with van der Waals surface area (Å²) >= 11 is 0. The molecule has 1 aromatic carbocycles. The summed E-state index contributed by atoms with van der Waals surface area (Å²) in [4.78, 5) is 13.9. The second kappa shape index (κ2) is 5.71. The highest BCUT2D eigenvalue weighted by molar-refractivity contribution is 7.90. The van der Waals surface area contributed by atoms with Gasteiger partial charge < -0.3 is 10.6 Å². The van der Waals surface area contributed by atoms with Gasteiger partial charge in [-0.25, -0.2) is 8.42 Å². The molecular weight excluding hydrogens is 264 g/mol. The Bertz CT molecular complexity index is 582. The van der Waals surface area contributed by atoms with Gasteiger partial charge in [0, 0.05) is 31.5 Å². The van der Waals surface area contributed by atoms with Crippen LogP contribution in [0.4, 0.5) is 0 Å². The third-order valence-electron chi connectivity index (χ3n) is 3.16. The molecule has 0 fully saturated rings. The number of hydrogen-bond donors (Lipinski definition) is 1. The number of nitrogens with zero attached hydrogens (tertiary/aromatic N) is 1. The van der Waals surface area contributed by atoms with Crippen LogP contribution in [0.2, 0.25) is 0 Å². The minimum atomic E-state index is -3.34. The monoisotopic (exact) mass is 284 g/mol. The lowest BCUT2D eigenvalue weighted by molar-refractivity contribution is 0.0748. The van der Waals surface area contributed by atoms with Crippen molar-refractivity contribution in [2.45, 2.75) is 24.8 Å². The lowest BCUT2D eigenvalue weighted by Gasteiger charge is -2.24. The molecule has 0 aliphatic rings. The lowest BCUT2D eigenvalue weighted by Crippen LogP contribution is -2.39. The Morgan fingerprint density at radius 2 is 2.00 bits per heavy atom. The fourth-order valence-corrected chi connectivity index (χ4v) is 2.69. The van der Waals surface area contributed by atoms with Gasteiger partial charge in [0.1, 0.15) is 0 Å².